The van der Waals surface area contributed by atoms with E-state index < -0.39 is 0 Å². The molecular formula is C17H26N2O. The Morgan fingerprint density at radius 3 is 2.80 bits per heavy atom. The Morgan fingerprint density at radius 2 is 2.10 bits per heavy atom. The molecule has 1 aromatic rings. The van der Waals surface area contributed by atoms with Crippen molar-refractivity contribution >= 4 is 5.69 Å². The van der Waals surface area contributed by atoms with Gasteiger partial charge in [-0.1, -0.05) is 12.1 Å². The molecule has 20 heavy (non-hydrogen) atoms. The smallest absolute Gasteiger partial charge is 0.142 e. The number of hydrogen-bond donors (Lipinski definition) is 1. The summed E-state index contributed by atoms with van der Waals surface area (Å²) >= 11 is 0. The zero-order valence-corrected chi connectivity index (χ0v) is 12.9. The lowest BCUT2D eigenvalue weighted by atomic mass is 9.90. The van der Waals surface area contributed by atoms with Crippen LogP contribution in [0.4, 0.5) is 5.69 Å². The zero-order chi connectivity index (χ0) is 14.2. The third-order valence-electron chi connectivity index (χ3n) is 4.79. The first-order valence-corrected chi connectivity index (χ1v) is 7.87. The van der Waals surface area contributed by atoms with Crippen molar-refractivity contribution in [2.45, 2.75) is 45.2 Å². The fourth-order valence-electron chi connectivity index (χ4n) is 3.35. The average molecular weight is 274 g/mol. The van der Waals surface area contributed by atoms with Gasteiger partial charge in [0.2, 0.25) is 0 Å². The van der Waals surface area contributed by atoms with E-state index in [1.54, 1.807) is 0 Å². The van der Waals surface area contributed by atoms with E-state index in [-0.39, 0.29) is 5.54 Å². The predicted molar refractivity (Wildman–Crippen MR) is 83.6 cm³/mol. The largest absolute Gasteiger partial charge is 0.492 e. The minimum absolute atomic E-state index is 0.256. The second-order valence-electron chi connectivity index (χ2n) is 6.45. The molecule has 3 nitrogen and oxygen atoms in total. The normalized spacial score (nSPS) is 30.4. The first-order chi connectivity index (χ1) is 9.64. The molecule has 1 aromatic carbocycles. The Hall–Kier alpha value is -1.22. The fraction of sp³-hybridized carbons (Fsp3) is 0.647. The highest BCUT2D eigenvalue weighted by atomic mass is 16.5. The monoisotopic (exact) mass is 274 g/mol. The van der Waals surface area contributed by atoms with Crippen molar-refractivity contribution in [3.8, 4) is 5.75 Å². The highest BCUT2D eigenvalue weighted by Gasteiger charge is 2.45. The van der Waals surface area contributed by atoms with Gasteiger partial charge in [0.05, 0.1) is 12.3 Å². The summed E-state index contributed by atoms with van der Waals surface area (Å²) in [4.78, 5) is 2.53. The van der Waals surface area contributed by atoms with Crippen LogP contribution in [-0.4, -0.2) is 31.3 Å². The van der Waals surface area contributed by atoms with Crippen LogP contribution < -0.4 is 15.0 Å². The number of anilines is 1. The minimum atomic E-state index is 0.256. The van der Waals surface area contributed by atoms with Crippen molar-refractivity contribution in [2.75, 3.05) is 24.6 Å². The van der Waals surface area contributed by atoms with Crippen LogP contribution in [0.2, 0.25) is 0 Å². The molecule has 2 unspecified atom stereocenters. The summed E-state index contributed by atoms with van der Waals surface area (Å²) in [6.45, 7) is 9.56. The molecule has 110 valence electrons. The third kappa shape index (κ3) is 2.51. The summed E-state index contributed by atoms with van der Waals surface area (Å²) in [6.07, 6.45) is 2.75. The molecule has 1 saturated carbocycles. The van der Waals surface area contributed by atoms with Crippen LogP contribution in [-0.2, 0) is 0 Å². The van der Waals surface area contributed by atoms with Crippen LogP contribution in [0, 0.1) is 5.92 Å². The Kier molecular flexibility index (Phi) is 3.63. The van der Waals surface area contributed by atoms with E-state index in [2.05, 4.69) is 48.3 Å². The van der Waals surface area contributed by atoms with Crippen LogP contribution >= 0.6 is 0 Å². The maximum atomic E-state index is 5.82. The molecule has 0 radical (unpaired) electrons. The summed E-state index contributed by atoms with van der Waals surface area (Å²) in [5.74, 6) is 1.86. The van der Waals surface area contributed by atoms with Crippen LogP contribution in [0.3, 0.4) is 0 Å². The summed E-state index contributed by atoms with van der Waals surface area (Å²) in [5, 5.41) is 3.78. The van der Waals surface area contributed by atoms with Crippen LogP contribution in [0.1, 0.15) is 33.6 Å². The number of benzene rings is 1. The van der Waals surface area contributed by atoms with E-state index in [9.17, 15) is 0 Å². The Morgan fingerprint density at radius 1 is 1.35 bits per heavy atom. The summed E-state index contributed by atoms with van der Waals surface area (Å²) < 4.78 is 5.82. The van der Waals surface area contributed by atoms with Gasteiger partial charge in [-0.15, -0.1) is 0 Å². The SMILES string of the molecule is CCOc1ccccc1N1CC(C)(C2CC2)NCC1C. The molecule has 0 aromatic heterocycles. The second-order valence-corrected chi connectivity index (χ2v) is 6.45. The van der Waals surface area contributed by atoms with Gasteiger partial charge in [0, 0.05) is 24.7 Å². The number of nitrogens with one attached hydrogen (secondary N) is 1. The van der Waals surface area contributed by atoms with Crippen LogP contribution in [0.5, 0.6) is 5.75 Å². The van der Waals surface area contributed by atoms with E-state index >= 15 is 0 Å². The molecular weight excluding hydrogens is 248 g/mol. The fourth-order valence-corrected chi connectivity index (χ4v) is 3.35. The highest BCUT2D eigenvalue weighted by molar-refractivity contribution is 5.60. The van der Waals surface area contributed by atoms with Crippen molar-refractivity contribution in [3.05, 3.63) is 24.3 Å². The molecule has 1 aliphatic heterocycles. The molecule has 2 fully saturated rings. The topological polar surface area (TPSA) is 24.5 Å². The number of hydrogen-bond acceptors (Lipinski definition) is 3. The number of ether oxygens (including phenoxy) is 1. The van der Waals surface area contributed by atoms with Gasteiger partial charge in [-0.2, -0.15) is 0 Å². The quantitative estimate of drug-likeness (QED) is 0.913. The van der Waals surface area contributed by atoms with Gasteiger partial charge in [0.1, 0.15) is 5.75 Å². The molecule has 1 heterocycles. The maximum absolute atomic E-state index is 5.82. The molecule has 0 bridgehead atoms. The molecule has 1 N–H and O–H groups in total. The standard InChI is InChI=1S/C17H26N2O/c1-4-20-16-8-6-5-7-15(16)19-12-17(3,14-9-10-14)18-11-13(19)2/h5-8,13-14,18H,4,9-12H2,1-3H3. The van der Waals surface area contributed by atoms with E-state index in [1.165, 1.54) is 18.5 Å². The van der Waals surface area contributed by atoms with Crippen molar-refractivity contribution < 1.29 is 4.74 Å². The molecule has 3 heteroatoms. The lowest BCUT2D eigenvalue weighted by molar-refractivity contribution is 0.258. The number of para-hydroxylation sites is 2. The zero-order valence-electron chi connectivity index (χ0n) is 12.9. The second kappa shape index (κ2) is 5.28. The first-order valence-electron chi connectivity index (χ1n) is 7.87. The molecule has 3 rings (SSSR count). The van der Waals surface area contributed by atoms with Crippen LogP contribution in [0.15, 0.2) is 24.3 Å². The van der Waals surface area contributed by atoms with Crippen molar-refractivity contribution in [1.82, 2.24) is 5.32 Å². The van der Waals surface area contributed by atoms with E-state index in [0.717, 1.165) is 31.4 Å². The number of nitrogens with zero attached hydrogens (tertiary/aromatic N) is 1. The summed E-state index contributed by atoms with van der Waals surface area (Å²) in [6, 6.07) is 8.95. The van der Waals surface area contributed by atoms with Gasteiger partial charge in [-0.25, -0.2) is 0 Å². The van der Waals surface area contributed by atoms with Gasteiger partial charge in [-0.3, -0.25) is 0 Å². The minimum Gasteiger partial charge on any atom is -0.492 e. The highest BCUT2D eigenvalue weighted by Crippen LogP contribution is 2.43. The molecule has 1 saturated heterocycles. The van der Waals surface area contributed by atoms with Crippen molar-refractivity contribution in [2.24, 2.45) is 5.92 Å². The average Bonchev–Trinajstić information content (AvgIpc) is 3.28. The number of piperazine rings is 1. The van der Waals surface area contributed by atoms with E-state index in [4.69, 9.17) is 4.74 Å². The summed E-state index contributed by atoms with van der Waals surface area (Å²) in [5.41, 5.74) is 1.50. The third-order valence-corrected chi connectivity index (χ3v) is 4.79. The van der Waals surface area contributed by atoms with Gasteiger partial charge in [0.15, 0.2) is 0 Å². The predicted octanol–water partition coefficient (Wildman–Crippen LogP) is 3.05. The number of rotatable bonds is 4. The Balaban J connectivity index is 1.87. The summed E-state index contributed by atoms with van der Waals surface area (Å²) in [7, 11) is 0. The van der Waals surface area contributed by atoms with Gasteiger partial charge in [-0.05, 0) is 51.7 Å². The molecule has 2 aliphatic rings. The lowest BCUT2D eigenvalue weighted by Gasteiger charge is -2.47. The molecule has 0 amide bonds. The van der Waals surface area contributed by atoms with E-state index in [0.29, 0.717) is 6.04 Å². The molecule has 0 spiro atoms. The Labute approximate surface area is 122 Å². The Bertz CT molecular complexity index is 472. The maximum Gasteiger partial charge on any atom is 0.142 e. The van der Waals surface area contributed by atoms with E-state index in [1.807, 2.05) is 6.92 Å². The van der Waals surface area contributed by atoms with Gasteiger partial charge in [0.25, 0.3) is 0 Å². The first kappa shape index (κ1) is 13.7. The van der Waals surface area contributed by atoms with Crippen LogP contribution in [0.25, 0.3) is 0 Å². The van der Waals surface area contributed by atoms with Gasteiger partial charge >= 0.3 is 0 Å². The van der Waals surface area contributed by atoms with Crippen molar-refractivity contribution in [1.29, 1.82) is 0 Å². The van der Waals surface area contributed by atoms with Gasteiger partial charge < -0.3 is 15.0 Å². The lowest BCUT2D eigenvalue weighted by Crippen LogP contribution is -2.63. The van der Waals surface area contributed by atoms with Crippen molar-refractivity contribution in [3.63, 3.8) is 0 Å². The molecule has 1 aliphatic carbocycles. The molecule has 2 atom stereocenters.